The third kappa shape index (κ3) is 9.42. The predicted molar refractivity (Wildman–Crippen MR) is 177 cm³/mol. The Morgan fingerprint density at radius 3 is 2.27 bits per heavy atom. The maximum Gasteiger partial charge on any atom is 0.271 e. The highest BCUT2D eigenvalue weighted by atomic mass is 16.5. The number of nitrogens with zero attached hydrogens (tertiary/aromatic N) is 3. The minimum absolute atomic E-state index is 0.0579. The highest BCUT2D eigenvalue weighted by molar-refractivity contribution is 5.94. The van der Waals surface area contributed by atoms with E-state index in [-0.39, 0.29) is 18.4 Å². The maximum atomic E-state index is 12.6. The van der Waals surface area contributed by atoms with Crippen molar-refractivity contribution < 1.29 is 19.1 Å². The van der Waals surface area contributed by atoms with Gasteiger partial charge in [0.25, 0.3) is 11.8 Å². The lowest BCUT2D eigenvalue weighted by Gasteiger charge is -2.36. The maximum absolute atomic E-state index is 12.6. The molecule has 2 amide bonds. The number of rotatable bonds is 13. The van der Waals surface area contributed by atoms with Gasteiger partial charge in [-0.1, -0.05) is 54.6 Å². The number of hydrogen-bond donors (Lipinski definition) is 2. The molecule has 0 aliphatic carbocycles. The minimum Gasteiger partial charge on any atom is -0.495 e. The first-order valence-electron chi connectivity index (χ1n) is 15.1. The van der Waals surface area contributed by atoms with Gasteiger partial charge in [0, 0.05) is 44.8 Å². The summed E-state index contributed by atoms with van der Waals surface area (Å²) in [7, 11) is 1.71. The topological polar surface area (TPSA) is 95.5 Å². The van der Waals surface area contributed by atoms with Gasteiger partial charge in [0.05, 0.1) is 19.0 Å². The molecule has 1 saturated heterocycles. The van der Waals surface area contributed by atoms with Crippen LogP contribution in [0.4, 0.5) is 5.69 Å². The van der Waals surface area contributed by atoms with Crippen LogP contribution in [-0.4, -0.2) is 69.4 Å². The molecule has 45 heavy (non-hydrogen) atoms. The number of ether oxygens (including phenoxy) is 2. The summed E-state index contributed by atoms with van der Waals surface area (Å²) in [6, 6.07) is 32.9. The molecule has 0 unspecified atom stereocenters. The fourth-order valence-electron chi connectivity index (χ4n) is 5.13. The SMILES string of the molecule is COc1ccccc1N1CCN(Cc2ccc(C(=O)N/N=C\c3ccc(OCC(=O)NCCc4ccccc4)cc3)cc2)CC1. The van der Waals surface area contributed by atoms with Crippen molar-refractivity contribution in [3.63, 3.8) is 0 Å². The Morgan fingerprint density at radius 1 is 0.822 bits per heavy atom. The van der Waals surface area contributed by atoms with Gasteiger partial charge in [-0.25, -0.2) is 5.43 Å². The molecule has 1 heterocycles. The fraction of sp³-hybridized carbons (Fsp3) is 0.250. The second-order valence-electron chi connectivity index (χ2n) is 10.8. The van der Waals surface area contributed by atoms with E-state index in [0.717, 1.165) is 61.7 Å². The Labute approximate surface area is 264 Å². The third-order valence-electron chi connectivity index (χ3n) is 7.63. The van der Waals surface area contributed by atoms with Crippen molar-refractivity contribution in [2.24, 2.45) is 5.10 Å². The molecule has 2 N–H and O–H groups in total. The van der Waals surface area contributed by atoms with Gasteiger partial charge in [0.1, 0.15) is 11.5 Å². The van der Waals surface area contributed by atoms with Crippen LogP contribution in [0.25, 0.3) is 0 Å². The number of nitrogens with one attached hydrogen (secondary N) is 2. The van der Waals surface area contributed by atoms with Crippen molar-refractivity contribution in [1.29, 1.82) is 0 Å². The second kappa shape index (κ2) is 16.1. The molecular formula is C36H39N5O4. The van der Waals surface area contributed by atoms with Crippen LogP contribution in [-0.2, 0) is 17.8 Å². The number of methoxy groups -OCH3 is 1. The van der Waals surface area contributed by atoms with E-state index in [1.54, 1.807) is 25.5 Å². The van der Waals surface area contributed by atoms with Crippen LogP contribution >= 0.6 is 0 Å². The Bertz CT molecular complexity index is 1550. The van der Waals surface area contributed by atoms with Gasteiger partial charge >= 0.3 is 0 Å². The van der Waals surface area contributed by atoms with E-state index < -0.39 is 0 Å². The van der Waals surface area contributed by atoms with Gasteiger partial charge in [-0.2, -0.15) is 5.10 Å². The number of carbonyl (C=O) groups excluding carboxylic acids is 2. The normalized spacial score (nSPS) is 13.4. The van der Waals surface area contributed by atoms with Crippen LogP contribution in [0.1, 0.15) is 27.0 Å². The number of para-hydroxylation sites is 2. The van der Waals surface area contributed by atoms with E-state index in [2.05, 4.69) is 31.7 Å². The Balaban J connectivity index is 1.00. The molecule has 4 aromatic rings. The molecule has 0 radical (unpaired) electrons. The molecule has 0 atom stereocenters. The monoisotopic (exact) mass is 605 g/mol. The average Bonchev–Trinajstić information content (AvgIpc) is 3.09. The van der Waals surface area contributed by atoms with E-state index in [9.17, 15) is 9.59 Å². The van der Waals surface area contributed by atoms with E-state index >= 15 is 0 Å². The van der Waals surface area contributed by atoms with Gasteiger partial charge in [-0.15, -0.1) is 0 Å². The second-order valence-corrected chi connectivity index (χ2v) is 10.8. The van der Waals surface area contributed by atoms with Crippen molar-refractivity contribution in [2.75, 3.05) is 51.3 Å². The zero-order valence-electron chi connectivity index (χ0n) is 25.5. The van der Waals surface area contributed by atoms with Crippen molar-refractivity contribution in [1.82, 2.24) is 15.6 Å². The molecule has 9 heteroatoms. The van der Waals surface area contributed by atoms with E-state index in [1.165, 1.54) is 5.56 Å². The number of hydrogen-bond acceptors (Lipinski definition) is 7. The molecule has 0 saturated carbocycles. The van der Waals surface area contributed by atoms with Gasteiger partial charge in [0.15, 0.2) is 6.61 Å². The lowest BCUT2D eigenvalue weighted by Crippen LogP contribution is -2.46. The number of carbonyl (C=O) groups is 2. The highest BCUT2D eigenvalue weighted by Gasteiger charge is 2.19. The van der Waals surface area contributed by atoms with Gasteiger partial charge in [-0.05, 0) is 71.6 Å². The minimum atomic E-state index is -0.276. The molecule has 1 fully saturated rings. The first kappa shape index (κ1) is 31.3. The van der Waals surface area contributed by atoms with Crippen LogP contribution < -0.4 is 25.1 Å². The van der Waals surface area contributed by atoms with E-state index in [4.69, 9.17) is 9.47 Å². The molecule has 1 aliphatic heterocycles. The van der Waals surface area contributed by atoms with Crippen LogP contribution in [0.3, 0.4) is 0 Å². The predicted octanol–water partition coefficient (Wildman–Crippen LogP) is 4.52. The number of amides is 2. The smallest absolute Gasteiger partial charge is 0.271 e. The molecule has 0 bridgehead atoms. The molecular weight excluding hydrogens is 566 g/mol. The lowest BCUT2D eigenvalue weighted by molar-refractivity contribution is -0.123. The summed E-state index contributed by atoms with van der Waals surface area (Å²) < 4.78 is 11.1. The first-order chi connectivity index (χ1) is 22.1. The molecule has 0 aromatic heterocycles. The Hall–Kier alpha value is -5.15. The van der Waals surface area contributed by atoms with Crippen molar-refractivity contribution in [3.05, 3.63) is 125 Å². The largest absolute Gasteiger partial charge is 0.495 e. The summed E-state index contributed by atoms with van der Waals surface area (Å²) >= 11 is 0. The lowest BCUT2D eigenvalue weighted by atomic mass is 10.1. The number of anilines is 1. The Morgan fingerprint density at radius 2 is 1.53 bits per heavy atom. The van der Waals surface area contributed by atoms with Gasteiger partial charge in [-0.3, -0.25) is 14.5 Å². The van der Waals surface area contributed by atoms with Crippen LogP contribution in [0, 0.1) is 0 Å². The van der Waals surface area contributed by atoms with E-state index in [0.29, 0.717) is 17.9 Å². The molecule has 232 valence electrons. The van der Waals surface area contributed by atoms with Gasteiger partial charge in [0.2, 0.25) is 0 Å². The summed E-state index contributed by atoms with van der Waals surface area (Å²) in [6.07, 6.45) is 2.34. The van der Waals surface area contributed by atoms with Crippen molar-refractivity contribution in [2.45, 2.75) is 13.0 Å². The van der Waals surface area contributed by atoms with Crippen molar-refractivity contribution in [3.8, 4) is 11.5 Å². The van der Waals surface area contributed by atoms with Crippen LogP contribution in [0.15, 0.2) is 108 Å². The van der Waals surface area contributed by atoms with Crippen LogP contribution in [0.2, 0.25) is 0 Å². The summed E-state index contributed by atoms with van der Waals surface area (Å²) in [4.78, 5) is 29.5. The third-order valence-corrected chi connectivity index (χ3v) is 7.63. The highest BCUT2D eigenvalue weighted by Crippen LogP contribution is 2.28. The summed E-state index contributed by atoms with van der Waals surface area (Å²) in [5, 5.41) is 6.95. The summed E-state index contributed by atoms with van der Waals surface area (Å²) in [5.41, 5.74) is 7.38. The van der Waals surface area contributed by atoms with Gasteiger partial charge < -0.3 is 19.7 Å². The molecule has 5 rings (SSSR count). The zero-order valence-corrected chi connectivity index (χ0v) is 25.5. The van der Waals surface area contributed by atoms with Crippen molar-refractivity contribution >= 4 is 23.7 Å². The molecule has 1 aliphatic rings. The molecule has 4 aromatic carbocycles. The fourth-order valence-corrected chi connectivity index (χ4v) is 5.13. The summed E-state index contributed by atoms with van der Waals surface area (Å²) in [5.74, 6) is 1.03. The summed E-state index contributed by atoms with van der Waals surface area (Å²) in [6.45, 7) is 5.10. The molecule has 0 spiro atoms. The van der Waals surface area contributed by atoms with E-state index in [1.807, 2.05) is 84.9 Å². The van der Waals surface area contributed by atoms with Crippen LogP contribution in [0.5, 0.6) is 11.5 Å². The average molecular weight is 606 g/mol. The zero-order chi connectivity index (χ0) is 31.3. The standard InChI is InChI=1S/C36H39N5O4/c1-44-34-10-6-5-9-33(34)41-23-21-40(22-24-41)26-30-11-15-31(16-12-30)36(43)39-38-25-29-13-17-32(18-14-29)45-27-35(42)37-20-19-28-7-3-2-4-8-28/h2-18,25H,19-24,26-27H2,1H3,(H,37,42)(H,39,43)/b38-25-. The first-order valence-corrected chi connectivity index (χ1v) is 15.1. The number of piperazine rings is 1. The molecule has 9 nitrogen and oxygen atoms in total. The Kier molecular flexibility index (Phi) is 11.2. The quantitative estimate of drug-likeness (QED) is 0.172. The number of benzene rings is 4. The number of hydrazone groups is 1.